The molecule has 0 bridgehead atoms. The average molecular weight is 539 g/mol. The number of benzene rings is 1. The van der Waals surface area contributed by atoms with Gasteiger partial charge in [-0.1, -0.05) is 30.3 Å². The van der Waals surface area contributed by atoms with Crippen LogP contribution in [-0.2, 0) is 30.3 Å². The van der Waals surface area contributed by atoms with Gasteiger partial charge in [0, 0.05) is 19.0 Å². The normalized spacial score (nSPS) is 24.1. The van der Waals surface area contributed by atoms with Gasteiger partial charge in [-0.3, -0.25) is 14.3 Å². The van der Waals surface area contributed by atoms with E-state index in [1.807, 2.05) is 48.7 Å². The first kappa shape index (κ1) is 27.4. The van der Waals surface area contributed by atoms with E-state index in [4.69, 9.17) is 24.7 Å². The van der Waals surface area contributed by atoms with Crippen LogP contribution < -0.4 is 5.73 Å². The zero-order valence-corrected chi connectivity index (χ0v) is 23.0. The van der Waals surface area contributed by atoms with E-state index in [0.29, 0.717) is 36.6 Å². The number of fused-ring (bicyclic) bond motifs is 2. The molecule has 0 saturated carbocycles. The summed E-state index contributed by atoms with van der Waals surface area (Å²) in [6, 6.07) is 10.0. The third kappa shape index (κ3) is 6.22. The van der Waals surface area contributed by atoms with Crippen LogP contribution in [0.2, 0.25) is 0 Å². The molecule has 0 spiro atoms. The van der Waals surface area contributed by atoms with Crippen LogP contribution in [0.5, 0.6) is 0 Å². The van der Waals surface area contributed by atoms with Crippen molar-refractivity contribution in [1.29, 1.82) is 0 Å². The van der Waals surface area contributed by atoms with Crippen LogP contribution >= 0.6 is 0 Å². The van der Waals surface area contributed by atoms with E-state index in [2.05, 4.69) is 33.7 Å². The van der Waals surface area contributed by atoms with Gasteiger partial charge in [0.05, 0.1) is 6.33 Å². The van der Waals surface area contributed by atoms with E-state index in [1.54, 1.807) is 6.33 Å². The van der Waals surface area contributed by atoms with E-state index in [-0.39, 0.29) is 30.3 Å². The lowest BCUT2D eigenvalue weighted by atomic mass is 10.1. The third-order valence-electron chi connectivity index (χ3n) is 7.25. The number of esters is 1. The fourth-order valence-corrected chi connectivity index (χ4v) is 5.27. The number of anilines is 1. The summed E-state index contributed by atoms with van der Waals surface area (Å²) in [5.41, 5.74) is 8.13. The highest BCUT2D eigenvalue weighted by molar-refractivity contribution is 5.81. The topological polar surface area (TPSA) is 127 Å². The summed E-state index contributed by atoms with van der Waals surface area (Å²) in [4.78, 5) is 27.4. The molecule has 11 nitrogen and oxygen atoms in total. The van der Waals surface area contributed by atoms with Crippen LogP contribution in [0.4, 0.5) is 5.82 Å². The van der Waals surface area contributed by atoms with Crippen molar-refractivity contribution in [2.45, 2.75) is 89.9 Å². The highest BCUT2D eigenvalue weighted by Crippen LogP contribution is 2.44. The second-order valence-corrected chi connectivity index (χ2v) is 10.9. The van der Waals surface area contributed by atoms with Crippen LogP contribution in [0.3, 0.4) is 0 Å². The number of ether oxygens (including phenoxy) is 4. The van der Waals surface area contributed by atoms with Gasteiger partial charge in [0.25, 0.3) is 0 Å². The van der Waals surface area contributed by atoms with Crippen LogP contribution in [0.15, 0.2) is 43.0 Å². The molecule has 2 aliphatic heterocycles. The van der Waals surface area contributed by atoms with Crippen LogP contribution in [-0.4, -0.2) is 73.6 Å². The zero-order chi connectivity index (χ0) is 27.6. The van der Waals surface area contributed by atoms with Crippen molar-refractivity contribution in [3.05, 3.63) is 48.5 Å². The van der Waals surface area contributed by atoms with Crippen molar-refractivity contribution in [1.82, 2.24) is 24.4 Å². The van der Waals surface area contributed by atoms with Crippen molar-refractivity contribution < 1.29 is 23.7 Å². The molecule has 0 unspecified atom stereocenters. The van der Waals surface area contributed by atoms with Gasteiger partial charge in [-0.15, -0.1) is 0 Å². The summed E-state index contributed by atoms with van der Waals surface area (Å²) in [5.74, 6) is -0.581. The number of nitrogens with two attached hydrogens (primary N) is 1. The molecule has 0 aliphatic carbocycles. The summed E-state index contributed by atoms with van der Waals surface area (Å²) >= 11 is 0. The van der Waals surface area contributed by atoms with Gasteiger partial charge in [-0.25, -0.2) is 15.0 Å². The molecule has 0 radical (unpaired) electrons. The number of carbonyl (C=O) groups is 1. The van der Waals surface area contributed by atoms with Gasteiger partial charge in [-0.05, 0) is 52.6 Å². The summed E-state index contributed by atoms with van der Waals surface area (Å²) in [6.07, 6.45) is 3.85. The number of hydrogen-bond acceptors (Lipinski definition) is 10. The fourth-order valence-electron chi connectivity index (χ4n) is 5.27. The van der Waals surface area contributed by atoms with Gasteiger partial charge in [0.1, 0.15) is 36.8 Å². The van der Waals surface area contributed by atoms with Crippen molar-refractivity contribution in [2.24, 2.45) is 0 Å². The minimum atomic E-state index is -0.733. The molecule has 2 fully saturated rings. The third-order valence-corrected chi connectivity index (χ3v) is 7.25. The Morgan fingerprint density at radius 1 is 1.13 bits per heavy atom. The molecular weight excluding hydrogens is 500 g/mol. The van der Waals surface area contributed by atoms with E-state index in [1.165, 1.54) is 6.33 Å². The molecule has 2 saturated heterocycles. The van der Waals surface area contributed by atoms with Crippen LogP contribution in [0, 0.1) is 0 Å². The molecule has 5 rings (SSSR count). The second kappa shape index (κ2) is 11.5. The summed E-state index contributed by atoms with van der Waals surface area (Å²) in [7, 11) is 0. The lowest BCUT2D eigenvalue weighted by Crippen LogP contribution is -2.43. The monoisotopic (exact) mass is 538 g/mol. The number of nitrogens with zero attached hydrogens (tertiary/aromatic N) is 5. The Morgan fingerprint density at radius 3 is 2.67 bits per heavy atom. The second-order valence-electron chi connectivity index (χ2n) is 10.9. The Bertz CT molecular complexity index is 1270. The Morgan fingerprint density at radius 2 is 1.90 bits per heavy atom. The highest BCUT2D eigenvalue weighted by atomic mass is 16.8. The maximum atomic E-state index is 12.2. The maximum Gasteiger partial charge on any atom is 0.306 e. The van der Waals surface area contributed by atoms with Gasteiger partial charge in [0.15, 0.2) is 23.5 Å². The minimum absolute atomic E-state index is 0.171. The van der Waals surface area contributed by atoms with Gasteiger partial charge in [0.2, 0.25) is 0 Å². The molecule has 0 amide bonds. The number of rotatable bonds is 11. The van der Waals surface area contributed by atoms with Crippen LogP contribution in [0.1, 0.15) is 58.7 Å². The molecule has 1 aromatic carbocycles. The molecule has 2 aromatic heterocycles. The van der Waals surface area contributed by atoms with Crippen molar-refractivity contribution >= 4 is 23.0 Å². The maximum absolute atomic E-state index is 12.2. The van der Waals surface area contributed by atoms with Crippen molar-refractivity contribution in [3.8, 4) is 0 Å². The first-order valence-electron chi connectivity index (χ1n) is 13.6. The van der Waals surface area contributed by atoms with Crippen LogP contribution in [0.25, 0.3) is 11.2 Å². The lowest BCUT2D eigenvalue weighted by molar-refractivity contribution is -0.198. The summed E-state index contributed by atoms with van der Waals surface area (Å²) in [5, 5.41) is 0. The molecule has 210 valence electrons. The van der Waals surface area contributed by atoms with Crippen molar-refractivity contribution in [2.75, 3.05) is 18.8 Å². The smallest absolute Gasteiger partial charge is 0.306 e. The molecule has 39 heavy (non-hydrogen) atoms. The molecular formula is C28H38N6O5. The molecule has 2 N–H and O–H groups in total. The molecule has 4 heterocycles. The van der Waals surface area contributed by atoms with Crippen molar-refractivity contribution in [3.63, 3.8) is 0 Å². The SMILES string of the molecule is CC(C)N(CCCCC(=O)OCc1ccccc1)C[C@H]1O[C@@H](n2cnc3c(N)ncnc32)[C@@H]2OC(C)(C)O[C@@H]21. The minimum Gasteiger partial charge on any atom is -0.461 e. The van der Waals surface area contributed by atoms with Gasteiger partial charge in [-0.2, -0.15) is 0 Å². The number of nitrogen functional groups attached to an aromatic ring is 1. The van der Waals surface area contributed by atoms with E-state index in [0.717, 1.165) is 24.9 Å². The molecule has 2 aliphatic rings. The first-order valence-corrected chi connectivity index (χ1v) is 13.6. The molecule has 11 heteroatoms. The standard InChI is InChI=1S/C28H38N6O5/c1-18(2)33(13-9-8-12-21(35)36-15-19-10-6-5-7-11-19)14-20-23-24(39-28(3,4)38-23)27(37-20)34-17-32-22-25(29)30-16-31-26(22)34/h5-7,10-11,16-18,20,23-24,27H,8-9,12-15H2,1-4H3,(H2,29,30,31)/t20-,23-,24-,27-/m1/s1. The Labute approximate surface area is 228 Å². The number of carbonyl (C=O) groups excluding carboxylic acids is 1. The Hall–Kier alpha value is -3.12. The highest BCUT2D eigenvalue weighted by Gasteiger charge is 2.56. The van der Waals surface area contributed by atoms with E-state index in [9.17, 15) is 4.79 Å². The largest absolute Gasteiger partial charge is 0.461 e. The quantitative estimate of drug-likeness (QED) is 0.286. The number of imidazole rings is 1. The predicted octanol–water partition coefficient (Wildman–Crippen LogP) is 3.45. The molecule has 4 atom stereocenters. The Kier molecular flexibility index (Phi) is 8.13. The Balaban J connectivity index is 1.19. The summed E-state index contributed by atoms with van der Waals surface area (Å²) < 4.78 is 26.5. The number of hydrogen-bond donors (Lipinski definition) is 1. The summed E-state index contributed by atoms with van der Waals surface area (Å²) in [6.45, 7) is 9.97. The lowest BCUT2D eigenvalue weighted by Gasteiger charge is -2.31. The van der Waals surface area contributed by atoms with E-state index < -0.39 is 12.0 Å². The zero-order valence-electron chi connectivity index (χ0n) is 23.0. The van der Waals surface area contributed by atoms with Gasteiger partial charge < -0.3 is 24.7 Å². The first-order chi connectivity index (χ1) is 18.7. The number of aromatic nitrogens is 4. The molecule has 3 aromatic rings. The predicted molar refractivity (Wildman–Crippen MR) is 144 cm³/mol. The van der Waals surface area contributed by atoms with Gasteiger partial charge >= 0.3 is 5.97 Å². The fraction of sp³-hybridized carbons (Fsp3) is 0.571. The average Bonchev–Trinajstić information content (AvgIpc) is 3.56. The number of unbranched alkanes of at least 4 members (excludes halogenated alkanes) is 1. The van der Waals surface area contributed by atoms with E-state index >= 15 is 0 Å².